The number of ether oxygens (including phenoxy) is 2. The van der Waals surface area contributed by atoms with E-state index in [2.05, 4.69) is 25.7 Å². The average Bonchev–Trinajstić information content (AvgIpc) is 2.19. The van der Waals surface area contributed by atoms with E-state index < -0.39 is 0 Å². The molecular formula is C13H24O2. The summed E-state index contributed by atoms with van der Waals surface area (Å²) in [7, 11) is 3.47. The van der Waals surface area contributed by atoms with Gasteiger partial charge in [-0.25, -0.2) is 0 Å². The molecule has 0 aliphatic heterocycles. The fourth-order valence-corrected chi connectivity index (χ4v) is 1.78. The van der Waals surface area contributed by atoms with E-state index in [0.717, 1.165) is 19.3 Å². The predicted octanol–water partition coefficient (Wildman–Crippen LogP) is 3.20. The fraction of sp³-hybridized carbons (Fsp3) is 0.692. The molecule has 0 aliphatic carbocycles. The van der Waals surface area contributed by atoms with E-state index in [-0.39, 0.29) is 5.41 Å². The molecule has 88 valence electrons. The Bertz CT molecular complexity index is 179. The van der Waals surface area contributed by atoms with Gasteiger partial charge in [-0.1, -0.05) is 25.2 Å². The largest absolute Gasteiger partial charge is 0.384 e. The van der Waals surface area contributed by atoms with Crippen LogP contribution in [0.15, 0.2) is 24.8 Å². The molecule has 0 amide bonds. The smallest absolute Gasteiger partial charge is 0.0546 e. The van der Waals surface area contributed by atoms with Crippen LogP contribution in [0.1, 0.15) is 26.2 Å². The molecule has 2 heteroatoms. The van der Waals surface area contributed by atoms with Crippen molar-refractivity contribution in [2.45, 2.75) is 26.2 Å². The Hall–Kier alpha value is -0.600. The van der Waals surface area contributed by atoms with Crippen LogP contribution in [0.25, 0.3) is 0 Å². The van der Waals surface area contributed by atoms with Crippen LogP contribution >= 0.6 is 0 Å². The lowest BCUT2D eigenvalue weighted by atomic mass is 9.82. The molecule has 0 atom stereocenters. The lowest BCUT2D eigenvalue weighted by Gasteiger charge is -2.30. The molecule has 0 aromatic rings. The first-order valence-electron chi connectivity index (χ1n) is 5.48. The van der Waals surface area contributed by atoms with Crippen molar-refractivity contribution < 1.29 is 9.47 Å². The predicted molar refractivity (Wildman–Crippen MR) is 65.0 cm³/mol. The molecule has 0 N–H and O–H groups in total. The Kier molecular flexibility index (Phi) is 8.34. The van der Waals surface area contributed by atoms with Crippen LogP contribution in [0.2, 0.25) is 0 Å². The van der Waals surface area contributed by atoms with Crippen molar-refractivity contribution >= 4 is 0 Å². The third-order valence-corrected chi connectivity index (χ3v) is 2.43. The van der Waals surface area contributed by atoms with Gasteiger partial charge in [0.25, 0.3) is 0 Å². The number of methoxy groups -OCH3 is 2. The molecular weight excluding hydrogens is 188 g/mol. The number of allylic oxidation sites excluding steroid dienone is 3. The minimum Gasteiger partial charge on any atom is -0.384 e. The van der Waals surface area contributed by atoms with Gasteiger partial charge in [0.05, 0.1) is 13.2 Å². The highest BCUT2D eigenvalue weighted by molar-refractivity contribution is 4.94. The maximum absolute atomic E-state index is 5.28. The molecule has 0 unspecified atom stereocenters. The van der Waals surface area contributed by atoms with E-state index in [1.807, 2.05) is 6.08 Å². The average molecular weight is 212 g/mol. The molecule has 0 bridgehead atoms. The Morgan fingerprint density at radius 2 is 1.67 bits per heavy atom. The number of hydrogen-bond donors (Lipinski definition) is 0. The van der Waals surface area contributed by atoms with Crippen molar-refractivity contribution in [2.24, 2.45) is 5.41 Å². The molecule has 0 radical (unpaired) electrons. The minimum absolute atomic E-state index is 0.0525. The molecule has 15 heavy (non-hydrogen) atoms. The third-order valence-electron chi connectivity index (χ3n) is 2.43. The number of rotatable bonds is 9. The van der Waals surface area contributed by atoms with Gasteiger partial charge in [-0.2, -0.15) is 0 Å². The van der Waals surface area contributed by atoms with Gasteiger partial charge in [0.2, 0.25) is 0 Å². The molecule has 0 heterocycles. The molecule has 0 aromatic carbocycles. The summed E-state index contributed by atoms with van der Waals surface area (Å²) in [5, 5.41) is 0. The van der Waals surface area contributed by atoms with E-state index in [9.17, 15) is 0 Å². The van der Waals surface area contributed by atoms with Crippen LogP contribution in [-0.2, 0) is 9.47 Å². The van der Waals surface area contributed by atoms with E-state index in [4.69, 9.17) is 9.47 Å². The van der Waals surface area contributed by atoms with Crippen LogP contribution in [0, 0.1) is 5.41 Å². The summed E-state index contributed by atoms with van der Waals surface area (Å²) >= 11 is 0. The van der Waals surface area contributed by atoms with Crippen molar-refractivity contribution in [3.63, 3.8) is 0 Å². The molecule has 0 spiro atoms. The topological polar surface area (TPSA) is 18.5 Å². The second kappa shape index (κ2) is 8.69. The van der Waals surface area contributed by atoms with E-state index >= 15 is 0 Å². The summed E-state index contributed by atoms with van der Waals surface area (Å²) in [4.78, 5) is 0. The molecule has 0 aliphatic rings. The Morgan fingerprint density at radius 3 is 2.07 bits per heavy atom. The lowest BCUT2D eigenvalue weighted by Crippen LogP contribution is -2.30. The van der Waals surface area contributed by atoms with Crippen molar-refractivity contribution in [1.82, 2.24) is 0 Å². The number of hydrogen-bond acceptors (Lipinski definition) is 2. The van der Waals surface area contributed by atoms with E-state index in [1.165, 1.54) is 0 Å². The van der Waals surface area contributed by atoms with Crippen molar-refractivity contribution in [1.29, 1.82) is 0 Å². The standard InChI is InChI=1S/C13H24O2/c1-5-7-8-10-13(9-6-2,11-14-3)12-15-4/h6-8H,2,5,9-12H2,1,3-4H3/b8-7-. The van der Waals surface area contributed by atoms with Gasteiger partial charge in [0, 0.05) is 19.6 Å². The Morgan fingerprint density at radius 1 is 1.07 bits per heavy atom. The molecule has 0 fully saturated rings. The summed E-state index contributed by atoms with van der Waals surface area (Å²) in [5.74, 6) is 0. The molecule has 2 nitrogen and oxygen atoms in total. The summed E-state index contributed by atoms with van der Waals surface area (Å²) < 4.78 is 10.6. The first kappa shape index (κ1) is 14.4. The van der Waals surface area contributed by atoms with Crippen LogP contribution in [0.4, 0.5) is 0 Å². The zero-order valence-electron chi connectivity index (χ0n) is 10.3. The van der Waals surface area contributed by atoms with Gasteiger partial charge in [-0.05, 0) is 19.3 Å². The van der Waals surface area contributed by atoms with Gasteiger partial charge in [-0.15, -0.1) is 6.58 Å². The van der Waals surface area contributed by atoms with Crippen molar-refractivity contribution in [2.75, 3.05) is 27.4 Å². The maximum Gasteiger partial charge on any atom is 0.0546 e. The monoisotopic (exact) mass is 212 g/mol. The summed E-state index contributed by atoms with van der Waals surface area (Å²) in [5.41, 5.74) is 0.0525. The van der Waals surface area contributed by atoms with Gasteiger partial charge >= 0.3 is 0 Å². The van der Waals surface area contributed by atoms with E-state index in [0.29, 0.717) is 13.2 Å². The third kappa shape index (κ3) is 5.75. The second-order valence-electron chi connectivity index (χ2n) is 3.94. The lowest BCUT2D eigenvalue weighted by molar-refractivity contribution is 0.0137. The first-order chi connectivity index (χ1) is 7.24. The van der Waals surface area contributed by atoms with E-state index in [1.54, 1.807) is 14.2 Å². The van der Waals surface area contributed by atoms with Crippen molar-refractivity contribution in [3.8, 4) is 0 Å². The molecule has 0 rings (SSSR count). The molecule has 0 aromatic heterocycles. The summed E-state index contributed by atoms with van der Waals surface area (Å²) in [6, 6.07) is 0. The summed E-state index contributed by atoms with van der Waals surface area (Å²) in [6.45, 7) is 7.36. The maximum atomic E-state index is 5.28. The Labute approximate surface area is 94.0 Å². The molecule has 0 saturated carbocycles. The zero-order valence-corrected chi connectivity index (χ0v) is 10.3. The Balaban J connectivity index is 4.44. The fourth-order valence-electron chi connectivity index (χ4n) is 1.78. The van der Waals surface area contributed by atoms with Crippen LogP contribution in [0.3, 0.4) is 0 Å². The van der Waals surface area contributed by atoms with Gasteiger partial charge in [0.1, 0.15) is 0 Å². The second-order valence-corrected chi connectivity index (χ2v) is 3.94. The molecule has 0 saturated heterocycles. The van der Waals surface area contributed by atoms with Crippen LogP contribution in [0.5, 0.6) is 0 Å². The highest BCUT2D eigenvalue weighted by atomic mass is 16.5. The van der Waals surface area contributed by atoms with Gasteiger partial charge in [-0.3, -0.25) is 0 Å². The SMILES string of the molecule is C=CCC(C/C=C\CC)(COC)COC. The van der Waals surface area contributed by atoms with Crippen LogP contribution in [-0.4, -0.2) is 27.4 Å². The minimum atomic E-state index is 0.0525. The quantitative estimate of drug-likeness (QED) is 0.546. The summed E-state index contributed by atoms with van der Waals surface area (Å²) in [6.07, 6.45) is 9.31. The van der Waals surface area contributed by atoms with Gasteiger partial charge < -0.3 is 9.47 Å². The van der Waals surface area contributed by atoms with Crippen LogP contribution < -0.4 is 0 Å². The van der Waals surface area contributed by atoms with Crippen molar-refractivity contribution in [3.05, 3.63) is 24.8 Å². The highest BCUT2D eigenvalue weighted by Gasteiger charge is 2.27. The normalized spacial score (nSPS) is 12.2. The zero-order chi connectivity index (χ0) is 11.6. The van der Waals surface area contributed by atoms with Gasteiger partial charge in [0.15, 0.2) is 0 Å². The highest BCUT2D eigenvalue weighted by Crippen LogP contribution is 2.28. The first-order valence-corrected chi connectivity index (χ1v) is 5.48.